The minimum Gasteiger partial charge on any atom is -0.382 e. The molecule has 0 spiro atoms. The van der Waals surface area contributed by atoms with Crippen molar-refractivity contribution in [1.82, 2.24) is 9.55 Å². The number of hydrogen-bond acceptors (Lipinski definition) is 3. The molecule has 0 saturated heterocycles. The third-order valence-corrected chi connectivity index (χ3v) is 3.11. The number of halogens is 3. The maximum absolute atomic E-state index is 12.7. The lowest BCUT2D eigenvalue weighted by atomic mass is 10.1. The number of alkyl halides is 3. The van der Waals surface area contributed by atoms with Crippen molar-refractivity contribution in [3.8, 4) is 0 Å². The number of ether oxygens (including phenoxy) is 1. The molecule has 0 aliphatic carbocycles. The van der Waals surface area contributed by atoms with Gasteiger partial charge < -0.3 is 15.0 Å². The van der Waals surface area contributed by atoms with E-state index in [4.69, 9.17) is 10.5 Å². The van der Waals surface area contributed by atoms with E-state index in [2.05, 4.69) is 4.98 Å². The Morgan fingerprint density at radius 3 is 2.50 bits per heavy atom. The molecule has 0 aliphatic rings. The Bertz CT molecular complexity index is 632. The van der Waals surface area contributed by atoms with Crippen LogP contribution in [0.4, 0.5) is 19.1 Å². The Labute approximate surface area is 114 Å². The van der Waals surface area contributed by atoms with Crippen LogP contribution in [0.3, 0.4) is 0 Å². The van der Waals surface area contributed by atoms with Crippen molar-refractivity contribution in [3.05, 3.63) is 23.8 Å². The van der Waals surface area contributed by atoms with Crippen LogP contribution in [0.2, 0.25) is 0 Å². The van der Waals surface area contributed by atoms with Gasteiger partial charge in [0, 0.05) is 7.11 Å². The van der Waals surface area contributed by atoms with Crippen LogP contribution in [0.1, 0.15) is 19.4 Å². The number of anilines is 1. The molecule has 0 saturated carbocycles. The van der Waals surface area contributed by atoms with Crippen molar-refractivity contribution < 1.29 is 17.9 Å². The van der Waals surface area contributed by atoms with Crippen molar-refractivity contribution in [2.45, 2.75) is 25.6 Å². The van der Waals surface area contributed by atoms with Crippen LogP contribution >= 0.6 is 0 Å². The zero-order valence-electron chi connectivity index (χ0n) is 11.5. The standard InChI is InChI=1S/C13H16F3N3O/c1-12(2,7-20-3)19-10-5-4-8(13(14,15)16)6-9(10)18-11(19)17/h4-6H,7H2,1-3H3,(H2,17,18). The Balaban J connectivity index is 2.62. The fourth-order valence-corrected chi connectivity index (χ4v) is 2.33. The fraction of sp³-hybridized carbons (Fsp3) is 0.462. The summed E-state index contributed by atoms with van der Waals surface area (Å²) in [6, 6.07) is 3.42. The average Bonchev–Trinajstić information content (AvgIpc) is 2.62. The maximum atomic E-state index is 12.7. The summed E-state index contributed by atoms with van der Waals surface area (Å²) in [5, 5.41) is 0. The van der Waals surface area contributed by atoms with Gasteiger partial charge in [0.2, 0.25) is 5.95 Å². The van der Waals surface area contributed by atoms with Crippen LogP contribution < -0.4 is 5.73 Å². The van der Waals surface area contributed by atoms with Crippen molar-refractivity contribution in [1.29, 1.82) is 0 Å². The highest BCUT2D eigenvalue weighted by Gasteiger charge is 2.32. The molecule has 0 bridgehead atoms. The highest BCUT2D eigenvalue weighted by molar-refractivity contribution is 5.79. The molecule has 20 heavy (non-hydrogen) atoms. The first-order valence-corrected chi connectivity index (χ1v) is 6.01. The van der Waals surface area contributed by atoms with Gasteiger partial charge in [0.1, 0.15) is 0 Å². The quantitative estimate of drug-likeness (QED) is 0.944. The number of methoxy groups -OCH3 is 1. The molecule has 0 fully saturated rings. The normalized spacial score (nSPS) is 13.1. The van der Waals surface area contributed by atoms with Crippen LogP contribution in [0.5, 0.6) is 0 Å². The minimum absolute atomic E-state index is 0.168. The van der Waals surface area contributed by atoms with Gasteiger partial charge >= 0.3 is 6.18 Å². The molecule has 7 heteroatoms. The fourth-order valence-electron chi connectivity index (χ4n) is 2.33. The molecule has 1 aromatic carbocycles. The Kier molecular flexibility index (Phi) is 3.41. The van der Waals surface area contributed by atoms with Crippen LogP contribution in [0.25, 0.3) is 11.0 Å². The summed E-state index contributed by atoms with van der Waals surface area (Å²) in [6.45, 7) is 4.13. The highest BCUT2D eigenvalue weighted by atomic mass is 19.4. The lowest BCUT2D eigenvalue weighted by molar-refractivity contribution is -0.137. The third-order valence-electron chi connectivity index (χ3n) is 3.11. The molecule has 2 rings (SSSR count). The molecule has 4 nitrogen and oxygen atoms in total. The van der Waals surface area contributed by atoms with E-state index in [1.807, 2.05) is 13.8 Å². The molecule has 0 unspecified atom stereocenters. The van der Waals surface area contributed by atoms with Crippen molar-refractivity contribution in [3.63, 3.8) is 0 Å². The van der Waals surface area contributed by atoms with Crippen LogP contribution in [-0.2, 0) is 16.5 Å². The van der Waals surface area contributed by atoms with Gasteiger partial charge in [-0.2, -0.15) is 13.2 Å². The van der Waals surface area contributed by atoms with Gasteiger partial charge in [0.05, 0.1) is 28.7 Å². The van der Waals surface area contributed by atoms with Crippen molar-refractivity contribution in [2.75, 3.05) is 19.5 Å². The Hall–Kier alpha value is -1.76. The van der Waals surface area contributed by atoms with E-state index < -0.39 is 17.3 Å². The summed E-state index contributed by atoms with van der Waals surface area (Å²) in [5.41, 5.74) is 5.38. The first kappa shape index (κ1) is 14.6. The molecular weight excluding hydrogens is 271 g/mol. The molecule has 0 aliphatic heterocycles. The predicted molar refractivity (Wildman–Crippen MR) is 70.3 cm³/mol. The summed E-state index contributed by atoms with van der Waals surface area (Å²) in [5.74, 6) is 0.168. The Morgan fingerprint density at radius 2 is 1.95 bits per heavy atom. The van der Waals surface area contributed by atoms with E-state index in [0.717, 1.165) is 12.1 Å². The number of rotatable bonds is 3. The topological polar surface area (TPSA) is 53.1 Å². The highest BCUT2D eigenvalue weighted by Crippen LogP contribution is 2.33. The summed E-state index contributed by atoms with van der Waals surface area (Å²) in [7, 11) is 1.55. The smallest absolute Gasteiger partial charge is 0.382 e. The SMILES string of the molecule is COCC(C)(C)n1c(N)nc2cc(C(F)(F)F)ccc21. The lowest BCUT2D eigenvalue weighted by Gasteiger charge is -2.27. The summed E-state index contributed by atoms with van der Waals surface area (Å²) >= 11 is 0. The van der Waals surface area contributed by atoms with Gasteiger partial charge in [-0.1, -0.05) is 0 Å². The van der Waals surface area contributed by atoms with Crippen molar-refractivity contribution in [2.24, 2.45) is 0 Å². The summed E-state index contributed by atoms with van der Waals surface area (Å²) in [6.07, 6.45) is -4.39. The lowest BCUT2D eigenvalue weighted by Crippen LogP contribution is -2.32. The molecule has 0 radical (unpaired) electrons. The van der Waals surface area contributed by atoms with Crippen molar-refractivity contribution >= 4 is 17.0 Å². The molecule has 0 atom stereocenters. The third kappa shape index (κ3) is 2.45. The van der Waals surface area contributed by atoms with Gasteiger partial charge in [0.25, 0.3) is 0 Å². The second-order valence-corrected chi connectivity index (χ2v) is 5.25. The van der Waals surface area contributed by atoms with E-state index in [-0.39, 0.29) is 11.5 Å². The van der Waals surface area contributed by atoms with Crippen LogP contribution in [0, 0.1) is 0 Å². The van der Waals surface area contributed by atoms with E-state index in [1.165, 1.54) is 6.07 Å². The maximum Gasteiger partial charge on any atom is 0.416 e. The van der Waals surface area contributed by atoms with Gasteiger partial charge in [-0.3, -0.25) is 0 Å². The molecule has 0 amide bonds. The Morgan fingerprint density at radius 1 is 1.30 bits per heavy atom. The number of aromatic nitrogens is 2. The molecule has 1 aromatic heterocycles. The number of benzene rings is 1. The second kappa shape index (κ2) is 4.66. The average molecular weight is 287 g/mol. The predicted octanol–water partition coefficient (Wildman–Crippen LogP) is 3.02. The minimum atomic E-state index is -4.39. The van der Waals surface area contributed by atoms with E-state index in [0.29, 0.717) is 12.1 Å². The molecule has 2 N–H and O–H groups in total. The van der Waals surface area contributed by atoms with Gasteiger partial charge in [0.15, 0.2) is 0 Å². The number of imidazole rings is 1. The first-order chi connectivity index (χ1) is 9.16. The molecule has 110 valence electrons. The van der Waals surface area contributed by atoms with E-state index >= 15 is 0 Å². The van der Waals surface area contributed by atoms with Gasteiger partial charge in [-0.05, 0) is 32.0 Å². The monoisotopic (exact) mass is 287 g/mol. The van der Waals surface area contributed by atoms with E-state index in [1.54, 1.807) is 11.7 Å². The van der Waals surface area contributed by atoms with Gasteiger partial charge in [-0.15, -0.1) is 0 Å². The molecule has 1 heterocycles. The zero-order valence-corrected chi connectivity index (χ0v) is 11.5. The number of nitrogens with zero attached hydrogens (tertiary/aromatic N) is 2. The summed E-state index contributed by atoms with van der Waals surface area (Å²) in [4.78, 5) is 4.02. The molecular formula is C13H16F3N3O. The van der Waals surface area contributed by atoms with Gasteiger partial charge in [-0.25, -0.2) is 4.98 Å². The molecule has 2 aromatic rings. The summed E-state index contributed by atoms with van der Waals surface area (Å²) < 4.78 is 44.9. The zero-order chi connectivity index (χ0) is 15.1. The number of nitrogen functional groups attached to an aromatic ring is 1. The number of hydrogen-bond donors (Lipinski definition) is 1. The second-order valence-electron chi connectivity index (χ2n) is 5.25. The largest absolute Gasteiger partial charge is 0.416 e. The van der Waals surface area contributed by atoms with E-state index in [9.17, 15) is 13.2 Å². The number of fused-ring (bicyclic) bond motifs is 1. The number of nitrogens with two attached hydrogens (primary N) is 1. The van der Waals surface area contributed by atoms with Crippen LogP contribution in [-0.4, -0.2) is 23.3 Å². The first-order valence-electron chi connectivity index (χ1n) is 6.01. The van der Waals surface area contributed by atoms with Crippen LogP contribution in [0.15, 0.2) is 18.2 Å².